The molecule has 1 aliphatic heterocycles. The molecule has 0 fully saturated rings. The van der Waals surface area contributed by atoms with Gasteiger partial charge in [-0.1, -0.05) is 30.3 Å². The molecule has 1 aliphatic rings. The molecule has 25 heavy (non-hydrogen) atoms. The molecule has 9 heteroatoms. The molecular formula is C16H16N4O4S. The third-order valence-electron chi connectivity index (χ3n) is 3.49. The lowest BCUT2D eigenvalue weighted by Crippen LogP contribution is -2.39. The molecule has 3 rings (SSSR count). The Morgan fingerprint density at radius 3 is 2.68 bits per heavy atom. The highest BCUT2D eigenvalue weighted by Crippen LogP contribution is 2.31. The largest absolute Gasteiger partial charge is 0.465 e. The van der Waals surface area contributed by atoms with Crippen molar-refractivity contribution in [3.63, 3.8) is 0 Å². The van der Waals surface area contributed by atoms with Gasteiger partial charge >= 0.3 is 5.97 Å². The van der Waals surface area contributed by atoms with Crippen LogP contribution in [-0.4, -0.2) is 37.5 Å². The molecule has 0 atom stereocenters. The zero-order valence-corrected chi connectivity index (χ0v) is 14.2. The molecule has 130 valence electrons. The van der Waals surface area contributed by atoms with Crippen molar-refractivity contribution in [2.24, 2.45) is 5.73 Å². The van der Waals surface area contributed by atoms with E-state index < -0.39 is 22.5 Å². The van der Waals surface area contributed by atoms with Crippen LogP contribution >= 0.6 is 0 Å². The van der Waals surface area contributed by atoms with Crippen LogP contribution in [0, 0.1) is 0 Å². The number of nitrogens with zero attached hydrogens (tertiary/aromatic N) is 3. The Bertz CT molecular complexity index is 942. The van der Waals surface area contributed by atoms with E-state index in [1.807, 2.05) is 30.3 Å². The maximum Gasteiger partial charge on any atom is 0.326 e. The molecular weight excluding hydrogens is 344 g/mol. The van der Waals surface area contributed by atoms with Crippen molar-refractivity contribution < 1.29 is 17.9 Å². The number of fused-ring (bicyclic) bond motifs is 1. The zero-order chi connectivity index (χ0) is 18.0. The molecule has 0 aliphatic carbocycles. The maximum atomic E-state index is 12.4. The molecule has 1 aromatic carbocycles. The summed E-state index contributed by atoms with van der Waals surface area (Å²) in [5.41, 5.74) is 7.21. The summed E-state index contributed by atoms with van der Waals surface area (Å²) in [5.74, 6) is -0.674. The number of benzene rings is 1. The van der Waals surface area contributed by atoms with Crippen molar-refractivity contribution in [2.45, 2.75) is 6.92 Å². The first-order valence-electron chi connectivity index (χ1n) is 7.50. The summed E-state index contributed by atoms with van der Waals surface area (Å²) >= 11 is 0. The first-order chi connectivity index (χ1) is 11.9. The fourth-order valence-corrected chi connectivity index (χ4v) is 3.61. The molecule has 1 aromatic heterocycles. The summed E-state index contributed by atoms with van der Waals surface area (Å²) in [4.78, 5) is 20.4. The topological polar surface area (TPSA) is 115 Å². The number of ether oxygens (including phenoxy) is 1. The Morgan fingerprint density at radius 1 is 1.28 bits per heavy atom. The number of carbonyl (C=O) groups is 1. The summed E-state index contributed by atoms with van der Waals surface area (Å²) < 4.78 is 30.6. The van der Waals surface area contributed by atoms with Gasteiger partial charge in [0.05, 0.1) is 29.6 Å². The van der Waals surface area contributed by atoms with Gasteiger partial charge in [0.1, 0.15) is 12.2 Å². The highest BCUT2D eigenvalue weighted by molar-refractivity contribution is 7.95. The van der Waals surface area contributed by atoms with E-state index in [-0.39, 0.29) is 23.8 Å². The van der Waals surface area contributed by atoms with Crippen molar-refractivity contribution in [2.75, 3.05) is 17.5 Å². The third kappa shape index (κ3) is 3.31. The molecule has 0 saturated heterocycles. The monoisotopic (exact) mass is 360 g/mol. The van der Waals surface area contributed by atoms with Gasteiger partial charge in [0.2, 0.25) is 0 Å². The van der Waals surface area contributed by atoms with Gasteiger partial charge in [-0.15, -0.1) is 0 Å². The van der Waals surface area contributed by atoms with Gasteiger partial charge in [0.15, 0.2) is 5.82 Å². The Morgan fingerprint density at radius 2 is 2.00 bits per heavy atom. The normalized spacial score (nSPS) is 15.2. The van der Waals surface area contributed by atoms with E-state index in [0.29, 0.717) is 5.69 Å². The SMILES string of the molecule is CCOC(=O)CN1c2nc(-c3ccccc3)cnc2C(N)=CS1(=O)=O. The van der Waals surface area contributed by atoms with Gasteiger partial charge in [0.25, 0.3) is 10.0 Å². The number of carbonyl (C=O) groups excluding carboxylic acids is 1. The number of nitrogens with two attached hydrogens (primary N) is 1. The van der Waals surface area contributed by atoms with E-state index in [4.69, 9.17) is 10.5 Å². The van der Waals surface area contributed by atoms with Crippen LogP contribution in [0.4, 0.5) is 5.82 Å². The lowest BCUT2D eigenvalue weighted by Gasteiger charge is -2.26. The van der Waals surface area contributed by atoms with Crippen molar-refractivity contribution >= 4 is 27.5 Å². The lowest BCUT2D eigenvalue weighted by atomic mass is 10.1. The number of esters is 1. The summed E-state index contributed by atoms with van der Waals surface area (Å²) in [5, 5.41) is 0.866. The molecule has 2 aromatic rings. The molecule has 0 bridgehead atoms. The number of sulfonamides is 1. The van der Waals surface area contributed by atoms with Gasteiger partial charge in [-0.3, -0.25) is 4.79 Å². The second-order valence-corrected chi connectivity index (χ2v) is 6.93. The fraction of sp³-hybridized carbons (Fsp3) is 0.188. The highest BCUT2D eigenvalue weighted by Gasteiger charge is 2.33. The molecule has 2 heterocycles. The first kappa shape index (κ1) is 16.9. The Labute approximate surface area is 145 Å². The minimum Gasteiger partial charge on any atom is -0.465 e. The van der Waals surface area contributed by atoms with Crippen molar-refractivity contribution in [1.82, 2.24) is 9.97 Å². The van der Waals surface area contributed by atoms with Crippen LogP contribution in [-0.2, 0) is 19.6 Å². The molecule has 0 radical (unpaired) electrons. The highest BCUT2D eigenvalue weighted by atomic mass is 32.2. The second kappa shape index (κ2) is 6.52. The van der Waals surface area contributed by atoms with Crippen LogP contribution in [0.5, 0.6) is 0 Å². The van der Waals surface area contributed by atoms with Gasteiger partial charge in [-0.05, 0) is 6.92 Å². The van der Waals surface area contributed by atoms with Crippen LogP contribution in [0.25, 0.3) is 17.0 Å². The maximum absolute atomic E-state index is 12.4. The fourth-order valence-electron chi connectivity index (χ4n) is 2.39. The van der Waals surface area contributed by atoms with Crippen LogP contribution in [0.1, 0.15) is 12.6 Å². The van der Waals surface area contributed by atoms with Gasteiger partial charge in [0, 0.05) is 5.56 Å². The molecule has 2 N–H and O–H groups in total. The minimum atomic E-state index is -3.96. The van der Waals surface area contributed by atoms with Crippen molar-refractivity contribution in [1.29, 1.82) is 0 Å². The standard InChI is InChI=1S/C16H16N4O4S/c1-2-24-14(21)9-20-16-15(12(17)10-25(20,22)23)18-8-13(19-16)11-6-4-3-5-7-11/h3-8,10H,2,9,17H2,1H3. The number of rotatable bonds is 4. The van der Waals surface area contributed by atoms with Crippen molar-refractivity contribution in [3.8, 4) is 11.3 Å². The summed E-state index contributed by atoms with van der Waals surface area (Å²) in [7, 11) is -3.96. The van der Waals surface area contributed by atoms with Gasteiger partial charge in [-0.25, -0.2) is 22.7 Å². The second-order valence-electron chi connectivity index (χ2n) is 5.22. The molecule has 0 unspecified atom stereocenters. The lowest BCUT2D eigenvalue weighted by molar-refractivity contribution is -0.141. The van der Waals surface area contributed by atoms with Crippen molar-refractivity contribution in [3.05, 3.63) is 47.6 Å². The summed E-state index contributed by atoms with van der Waals surface area (Å²) in [6.07, 6.45) is 1.51. The minimum absolute atomic E-state index is 0.00871. The van der Waals surface area contributed by atoms with Crippen LogP contribution in [0.3, 0.4) is 0 Å². The predicted molar refractivity (Wildman–Crippen MR) is 92.5 cm³/mol. The van der Waals surface area contributed by atoms with E-state index in [0.717, 1.165) is 15.3 Å². The van der Waals surface area contributed by atoms with E-state index in [1.165, 1.54) is 6.20 Å². The van der Waals surface area contributed by atoms with Gasteiger partial charge < -0.3 is 10.5 Å². The zero-order valence-electron chi connectivity index (χ0n) is 13.4. The van der Waals surface area contributed by atoms with E-state index >= 15 is 0 Å². The number of anilines is 1. The third-order valence-corrected chi connectivity index (χ3v) is 4.96. The number of hydrogen-bond donors (Lipinski definition) is 1. The predicted octanol–water partition coefficient (Wildman–Crippen LogP) is 1.11. The van der Waals surface area contributed by atoms with Crippen LogP contribution in [0.2, 0.25) is 0 Å². The molecule has 0 saturated carbocycles. The Kier molecular flexibility index (Phi) is 4.41. The molecule has 0 amide bonds. The number of aromatic nitrogens is 2. The van der Waals surface area contributed by atoms with E-state index in [1.54, 1.807) is 6.92 Å². The van der Waals surface area contributed by atoms with Crippen LogP contribution < -0.4 is 10.0 Å². The smallest absolute Gasteiger partial charge is 0.326 e. The molecule has 0 spiro atoms. The summed E-state index contributed by atoms with van der Waals surface area (Å²) in [6.45, 7) is 1.29. The Balaban J connectivity index is 2.10. The summed E-state index contributed by atoms with van der Waals surface area (Å²) in [6, 6.07) is 9.16. The molecule has 8 nitrogen and oxygen atoms in total. The quantitative estimate of drug-likeness (QED) is 0.812. The average molecular weight is 360 g/mol. The first-order valence-corrected chi connectivity index (χ1v) is 9.01. The Hall–Kier alpha value is -2.94. The average Bonchev–Trinajstić information content (AvgIpc) is 2.59. The van der Waals surface area contributed by atoms with Crippen LogP contribution in [0.15, 0.2) is 41.9 Å². The van der Waals surface area contributed by atoms with E-state index in [9.17, 15) is 13.2 Å². The number of hydrogen-bond acceptors (Lipinski definition) is 7. The van der Waals surface area contributed by atoms with E-state index in [2.05, 4.69) is 9.97 Å². The van der Waals surface area contributed by atoms with Gasteiger partial charge in [-0.2, -0.15) is 0 Å².